The summed E-state index contributed by atoms with van der Waals surface area (Å²) in [6.07, 6.45) is 0. The van der Waals surface area contributed by atoms with Crippen molar-refractivity contribution in [2.75, 3.05) is 18.9 Å². The SMILES string of the molecule is CCNC(=O)NC(=O)COC(=O)CSc1nnc(-c2ccccc2)n1-c1ccccc1. The zero-order valence-electron chi connectivity index (χ0n) is 16.8. The molecule has 9 nitrogen and oxygen atoms in total. The van der Waals surface area contributed by atoms with Gasteiger partial charge >= 0.3 is 12.0 Å². The van der Waals surface area contributed by atoms with Crippen LogP contribution >= 0.6 is 11.8 Å². The van der Waals surface area contributed by atoms with Crippen LogP contribution in [0.2, 0.25) is 0 Å². The van der Waals surface area contributed by atoms with Gasteiger partial charge in [-0.15, -0.1) is 10.2 Å². The number of amides is 3. The number of para-hydroxylation sites is 1. The number of nitrogens with zero attached hydrogens (tertiary/aromatic N) is 3. The number of benzene rings is 2. The highest BCUT2D eigenvalue weighted by Gasteiger charge is 2.18. The number of imide groups is 1. The van der Waals surface area contributed by atoms with Gasteiger partial charge in [0.05, 0.1) is 5.75 Å². The van der Waals surface area contributed by atoms with E-state index in [1.165, 1.54) is 0 Å². The molecule has 0 aliphatic carbocycles. The van der Waals surface area contributed by atoms with Gasteiger partial charge in [0.25, 0.3) is 5.91 Å². The molecule has 1 heterocycles. The maximum Gasteiger partial charge on any atom is 0.321 e. The van der Waals surface area contributed by atoms with Crippen LogP contribution < -0.4 is 10.6 Å². The first-order valence-electron chi connectivity index (χ1n) is 9.51. The first-order valence-corrected chi connectivity index (χ1v) is 10.5. The van der Waals surface area contributed by atoms with E-state index in [0.717, 1.165) is 23.0 Å². The number of hydrogen-bond acceptors (Lipinski definition) is 7. The Labute approximate surface area is 183 Å². The van der Waals surface area contributed by atoms with Crippen LogP contribution in [-0.4, -0.2) is 51.6 Å². The number of urea groups is 1. The summed E-state index contributed by atoms with van der Waals surface area (Å²) < 4.78 is 6.79. The van der Waals surface area contributed by atoms with E-state index in [9.17, 15) is 14.4 Å². The molecule has 0 unspecified atom stereocenters. The Morgan fingerprint density at radius 1 is 1.00 bits per heavy atom. The summed E-state index contributed by atoms with van der Waals surface area (Å²) >= 11 is 1.14. The molecule has 2 N–H and O–H groups in total. The Kier molecular flexibility index (Phi) is 7.77. The van der Waals surface area contributed by atoms with Gasteiger partial charge in [-0.2, -0.15) is 0 Å². The first-order chi connectivity index (χ1) is 15.1. The molecular weight excluding hydrogens is 418 g/mol. The molecule has 1 aromatic heterocycles. The number of esters is 1. The predicted octanol–water partition coefficient (Wildman–Crippen LogP) is 2.42. The Bertz CT molecular complexity index is 1040. The zero-order chi connectivity index (χ0) is 22.1. The molecule has 0 fully saturated rings. The van der Waals surface area contributed by atoms with Crippen molar-refractivity contribution in [2.45, 2.75) is 12.1 Å². The van der Waals surface area contributed by atoms with Gasteiger partial charge < -0.3 is 10.1 Å². The first kappa shape index (κ1) is 22.0. The smallest absolute Gasteiger partial charge is 0.321 e. The second-order valence-corrected chi connectivity index (χ2v) is 7.14. The van der Waals surface area contributed by atoms with Gasteiger partial charge in [-0.05, 0) is 19.1 Å². The van der Waals surface area contributed by atoms with E-state index in [0.29, 0.717) is 17.5 Å². The standard InChI is InChI=1S/C21H21N5O4S/c1-2-22-20(29)23-17(27)13-30-18(28)14-31-21-25-24-19(15-9-5-3-6-10-15)26(21)16-11-7-4-8-12-16/h3-12H,2,13-14H2,1H3,(H2,22,23,27,29). The lowest BCUT2D eigenvalue weighted by atomic mass is 10.2. The minimum atomic E-state index is -0.705. The molecule has 0 atom stereocenters. The fourth-order valence-corrected chi connectivity index (χ4v) is 3.38. The number of carbonyl (C=O) groups is 3. The maximum atomic E-state index is 12.1. The van der Waals surface area contributed by atoms with Crippen molar-refractivity contribution in [3.63, 3.8) is 0 Å². The van der Waals surface area contributed by atoms with Crippen LogP contribution in [0.1, 0.15) is 6.92 Å². The van der Waals surface area contributed by atoms with Gasteiger partial charge in [-0.3, -0.25) is 19.5 Å². The van der Waals surface area contributed by atoms with Gasteiger partial charge in [0.1, 0.15) is 0 Å². The molecule has 2 aromatic carbocycles. The molecule has 0 radical (unpaired) electrons. The van der Waals surface area contributed by atoms with Crippen LogP contribution in [0.5, 0.6) is 0 Å². The van der Waals surface area contributed by atoms with Crippen LogP contribution in [-0.2, 0) is 14.3 Å². The number of carbonyl (C=O) groups excluding carboxylic acids is 3. The summed E-state index contributed by atoms with van der Waals surface area (Å²) in [5, 5.41) is 13.5. The topological polar surface area (TPSA) is 115 Å². The normalized spacial score (nSPS) is 10.4. The van der Waals surface area contributed by atoms with Gasteiger partial charge in [0.15, 0.2) is 17.6 Å². The third kappa shape index (κ3) is 6.16. The van der Waals surface area contributed by atoms with Crippen molar-refractivity contribution >= 4 is 29.7 Å². The van der Waals surface area contributed by atoms with Gasteiger partial charge in [-0.1, -0.05) is 60.3 Å². The summed E-state index contributed by atoms with van der Waals surface area (Å²) in [5.41, 5.74) is 1.74. The van der Waals surface area contributed by atoms with Crippen molar-refractivity contribution in [1.29, 1.82) is 0 Å². The minimum Gasteiger partial charge on any atom is -0.455 e. The molecule has 0 saturated heterocycles. The van der Waals surface area contributed by atoms with E-state index < -0.39 is 24.5 Å². The second kappa shape index (κ2) is 10.9. The summed E-state index contributed by atoms with van der Waals surface area (Å²) in [7, 11) is 0. The number of rotatable bonds is 8. The molecule has 0 bridgehead atoms. The lowest BCUT2D eigenvalue weighted by molar-refractivity contribution is -0.145. The van der Waals surface area contributed by atoms with Crippen molar-refractivity contribution in [3.05, 3.63) is 60.7 Å². The van der Waals surface area contributed by atoms with Crippen LogP contribution in [0.25, 0.3) is 17.1 Å². The highest BCUT2D eigenvalue weighted by molar-refractivity contribution is 7.99. The van der Waals surface area contributed by atoms with Crippen molar-refractivity contribution < 1.29 is 19.1 Å². The molecule has 3 rings (SSSR count). The van der Waals surface area contributed by atoms with Crippen molar-refractivity contribution in [2.24, 2.45) is 0 Å². The quantitative estimate of drug-likeness (QED) is 0.409. The lowest BCUT2D eigenvalue weighted by Crippen LogP contribution is -2.41. The summed E-state index contributed by atoms with van der Waals surface area (Å²) in [5.74, 6) is -0.749. The average molecular weight is 439 g/mol. The molecule has 3 aromatic rings. The molecule has 0 aliphatic rings. The molecular formula is C21H21N5O4S. The monoisotopic (exact) mass is 439 g/mol. The third-order valence-electron chi connectivity index (χ3n) is 3.95. The van der Waals surface area contributed by atoms with Crippen LogP contribution in [0.15, 0.2) is 65.8 Å². The Morgan fingerprint density at radius 2 is 1.68 bits per heavy atom. The van der Waals surface area contributed by atoms with Crippen LogP contribution in [0, 0.1) is 0 Å². The summed E-state index contributed by atoms with van der Waals surface area (Å²) in [6, 6.07) is 18.5. The molecule has 0 aliphatic heterocycles. The molecule has 160 valence electrons. The molecule has 0 spiro atoms. The highest BCUT2D eigenvalue weighted by Crippen LogP contribution is 2.27. The van der Waals surface area contributed by atoms with Gasteiger partial charge in [0.2, 0.25) is 0 Å². The van der Waals surface area contributed by atoms with Crippen molar-refractivity contribution in [1.82, 2.24) is 25.4 Å². The number of thioether (sulfide) groups is 1. The molecule has 10 heteroatoms. The summed E-state index contributed by atoms with van der Waals surface area (Å²) in [4.78, 5) is 35.0. The Morgan fingerprint density at radius 3 is 2.35 bits per heavy atom. The fraction of sp³-hybridized carbons (Fsp3) is 0.190. The second-order valence-electron chi connectivity index (χ2n) is 6.20. The Hall–Kier alpha value is -3.66. The largest absolute Gasteiger partial charge is 0.455 e. The molecule has 3 amide bonds. The van der Waals surface area contributed by atoms with E-state index >= 15 is 0 Å². The minimum absolute atomic E-state index is 0.0752. The van der Waals surface area contributed by atoms with Crippen LogP contribution in [0.4, 0.5) is 4.79 Å². The van der Waals surface area contributed by atoms with E-state index in [1.54, 1.807) is 6.92 Å². The Balaban J connectivity index is 1.67. The van der Waals surface area contributed by atoms with E-state index in [2.05, 4.69) is 20.8 Å². The van der Waals surface area contributed by atoms with Crippen molar-refractivity contribution in [3.8, 4) is 17.1 Å². The van der Waals surface area contributed by atoms with E-state index in [4.69, 9.17) is 4.74 Å². The zero-order valence-corrected chi connectivity index (χ0v) is 17.6. The van der Waals surface area contributed by atoms with E-state index in [1.807, 2.05) is 65.2 Å². The average Bonchev–Trinajstić information content (AvgIpc) is 3.21. The number of aromatic nitrogens is 3. The summed E-state index contributed by atoms with van der Waals surface area (Å²) in [6.45, 7) is 1.55. The van der Waals surface area contributed by atoms with Crippen LogP contribution in [0.3, 0.4) is 0 Å². The number of ether oxygens (including phenoxy) is 1. The highest BCUT2D eigenvalue weighted by atomic mass is 32.2. The van der Waals surface area contributed by atoms with Gasteiger partial charge in [0, 0.05) is 17.8 Å². The van der Waals surface area contributed by atoms with Gasteiger partial charge in [-0.25, -0.2) is 4.79 Å². The lowest BCUT2D eigenvalue weighted by Gasteiger charge is -2.10. The maximum absolute atomic E-state index is 12.1. The fourth-order valence-electron chi connectivity index (χ4n) is 2.63. The number of nitrogens with one attached hydrogen (secondary N) is 2. The van der Waals surface area contributed by atoms with E-state index in [-0.39, 0.29) is 5.75 Å². The number of hydrogen-bond donors (Lipinski definition) is 2. The molecule has 0 saturated carbocycles. The predicted molar refractivity (Wildman–Crippen MR) is 116 cm³/mol. The third-order valence-corrected chi connectivity index (χ3v) is 4.86. The molecule has 31 heavy (non-hydrogen) atoms.